The number of carbonyl (C=O) groups is 1. The molecule has 0 saturated carbocycles. The van der Waals surface area contributed by atoms with Crippen LogP contribution in [0, 0.1) is 5.82 Å². The molecule has 0 aliphatic carbocycles. The van der Waals surface area contributed by atoms with Gasteiger partial charge in [-0.05, 0) is 61.1 Å². The molecule has 0 aromatic heterocycles. The summed E-state index contributed by atoms with van der Waals surface area (Å²) in [6, 6.07) is 13.4. The molecular formula is C21H23FN2O3S. The molecule has 2 bridgehead atoms. The molecule has 1 N–H and O–H groups in total. The van der Waals surface area contributed by atoms with Gasteiger partial charge in [-0.15, -0.1) is 0 Å². The fourth-order valence-corrected chi connectivity index (χ4v) is 5.98. The lowest BCUT2D eigenvalue weighted by molar-refractivity contribution is 0.0909. The molecule has 5 nitrogen and oxygen atoms in total. The number of rotatable bonds is 4. The van der Waals surface area contributed by atoms with Gasteiger partial charge in [0.25, 0.3) is 5.91 Å². The van der Waals surface area contributed by atoms with Gasteiger partial charge in [0.2, 0.25) is 10.0 Å². The van der Waals surface area contributed by atoms with E-state index in [1.165, 1.54) is 18.4 Å². The number of piperidine rings is 1. The zero-order valence-corrected chi connectivity index (χ0v) is 16.5. The number of nitrogens with zero attached hydrogens (tertiary/aromatic N) is 1. The maximum Gasteiger partial charge on any atom is 0.251 e. The molecule has 0 spiro atoms. The predicted octanol–water partition coefficient (Wildman–Crippen LogP) is 3.18. The molecule has 2 aliphatic heterocycles. The fourth-order valence-electron chi connectivity index (χ4n) is 4.52. The maximum atomic E-state index is 13.1. The number of halogens is 1. The van der Waals surface area contributed by atoms with Crippen molar-refractivity contribution in [2.45, 2.75) is 43.8 Å². The monoisotopic (exact) mass is 402 g/mol. The molecule has 4 rings (SSSR count). The topological polar surface area (TPSA) is 66.5 Å². The number of benzene rings is 2. The first kappa shape index (κ1) is 19.1. The van der Waals surface area contributed by atoms with Crippen LogP contribution in [0.4, 0.5) is 4.39 Å². The van der Waals surface area contributed by atoms with Crippen molar-refractivity contribution in [1.29, 1.82) is 0 Å². The number of hydrogen-bond donors (Lipinski definition) is 1. The number of amides is 1. The summed E-state index contributed by atoms with van der Waals surface area (Å²) in [4.78, 5) is 12.6. The van der Waals surface area contributed by atoms with Crippen molar-refractivity contribution in [2.24, 2.45) is 0 Å². The smallest absolute Gasteiger partial charge is 0.251 e. The Labute approximate surface area is 164 Å². The Bertz CT molecular complexity index is 960. The predicted molar refractivity (Wildman–Crippen MR) is 106 cm³/mol. The number of sulfonamides is 1. The van der Waals surface area contributed by atoms with Gasteiger partial charge in [-0.25, -0.2) is 12.8 Å². The summed E-state index contributed by atoms with van der Waals surface area (Å²) in [5.74, 6) is -0.432. The molecule has 2 fully saturated rings. The van der Waals surface area contributed by atoms with Crippen molar-refractivity contribution < 1.29 is 17.6 Å². The highest BCUT2D eigenvalue weighted by Crippen LogP contribution is 2.37. The van der Waals surface area contributed by atoms with E-state index in [-0.39, 0.29) is 29.8 Å². The highest BCUT2D eigenvalue weighted by Gasteiger charge is 2.45. The lowest BCUT2D eigenvalue weighted by Crippen LogP contribution is -2.52. The largest absolute Gasteiger partial charge is 0.349 e. The molecule has 1 amide bonds. The first-order valence-electron chi connectivity index (χ1n) is 9.46. The summed E-state index contributed by atoms with van der Waals surface area (Å²) in [5, 5.41) is 3.06. The molecule has 2 aliphatic rings. The van der Waals surface area contributed by atoms with Gasteiger partial charge in [0.1, 0.15) is 5.82 Å². The highest BCUT2D eigenvalue weighted by atomic mass is 32.2. The zero-order valence-electron chi connectivity index (χ0n) is 15.6. The second kappa shape index (κ2) is 7.29. The first-order chi connectivity index (χ1) is 13.3. The third kappa shape index (κ3) is 3.82. The van der Waals surface area contributed by atoms with Gasteiger partial charge >= 0.3 is 0 Å². The normalized spacial score (nSPS) is 24.9. The van der Waals surface area contributed by atoms with E-state index < -0.39 is 10.0 Å². The third-order valence-corrected chi connectivity index (χ3v) is 7.07. The van der Waals surface area contributed by atoms with Gasteiger partial charge in [0.05, 0.1) is 6.26 Å². The molecule has 148 valence electrons. The van der Waals surface area contributed by atoms with Crippen LogP contribution in [0.3, 0.4) is 0 Å². The van der Waals surface area contributed by atoms with Crippen LogP contribution in [0.5, 0.6) is 0 Å². The molecular weight excluding hydrogens is 379 g/mol. The minimum atomic E-state index is -3.20. The Kier molecular flexibility index (Phi) is 4.97. The summed E-state index contributed by atoms with van der Waals surface area (Å²) in [6.45, 7) is 0. The van der Waals surface area contributed by atoms with Gasteiger partial charge in [0.15, 0.2) is 0 Å². The van der Waals surface area contributed by atoms with Crippen molar-refractivity contribution in [3.05, 3.63) is 59.9 Å². The molecule has 7 heteroatoms. The molecule has 2 saturated heterocycles. The van der Waals surface area contributed by atoms with Crippen molar-refractivity contribution >= 4 is 15.9 Å². The summed E-state index contributed by atoms with van der Waals surface area (Å²) >= 11 is 0. The highest BCUT2D eigenvalue weighted by molar-refractivity contribution is 7.88. The van der Waals surface area contributed by atoms with Crippen LogP contribution in [-0.4, -0.2) is 43.0 Å². The minimum Gasteiger partial charge on any atom is -0.349 e. The third-order valence-electron chi connectivity index (χ3n) is 5.71. The van der Waals surface area contributed by atoms with Gasteiger partial charge in [0, 0.05) is 23.7 Å². The van der Waals surface area contributed by atoms with Gasteiger partial charge < -0.3 is 5.32 Å². The van der Waals surface area contributed by atoms with Gasteiger partial charge in [-0.1, -0.05) is 24.3 Å². The summed E-state index contributed by atoms with van der Waals surface area (Å²) in [6.07, 6.45) is 4.29. The maximum absolute atomic E-state index is 13.1. The van der Waals surface area contributed by atoms with E-state index >= 15 is 0 Å². The Morgan fingerprint density at radius 2 is 1.46 bits per heavy atom. The van der Waals surface area contributed by atoms with Crippen molar-refractivity contribution in [1.82, 2.24) is 9.62 Å². The average molecular weight is 402 g/mol. The molecule has 28 heavy (non-hydrogen) atoms. The number of nitrogens with one attached hydrogen (secondary N) is 1. The fraction of sp³-hybridized carbons (Fsp3) is 0.381. The van der Waals surface area contributed by atoms with E-state index in [9.17, 15) is 17.6 Å². The van der Waals surface area contributed by atoms with Crippen LogP contribution in [0.2, 0.25) is 0 Å². The van der Waals surface area contributed by atoms with E-state index in [2.05, 4.69) is 5.32 Å². The van der Waals surface area contributed by atoms with Crippen LogP contribution < -0.4 is 5.32 Å². The molecule has 2 atom stereocenters. The van der Waals surface area contributed by atoms with E-state index in [1.807, 2.05) is 12.1 Å². The zero-order chi connectivity index (χ0) is 19.9. The summed E-state index contributed by atoms with van der Waals surface area (Å²) in [7, 11) is -3.20. The number of carbonyl (C=O) groups excluding carboxylic acids is 1. The lowest BCUT2D eigenvalue weighted by Gasteiger charge is -2.37. The van der Waals surface area contributed by atoms with E-state index in [4.69, 9.17) is 0 Å². The van der Waals surface area contributed by atoms with Crippen LogP contribution in [0.25, 0.3) is 11.1 Å². The van der Waals surface area contributed by atoms with Crippen molar-refractivity contribution in [2.75, 3.05) is 6.26 Å². The van der Waals surface area contributed by atoms with Crippen LogP contribution >= 0.6 is 0 Å². The van der Waals surface area contributed by atoms with E-state index in [0.29, 0.717) is 18.4 Å². The minimum absolute atomic E-state index is 0.0140. The number of fused-ring (bicyclic) bond motifs is 2. The lowest BCUT2D eigenvalue weighted by atomic mass is 9.99. The van der Waals surface area contributed by atoms with Crippen LogP contribution in [0.1, 0.15) is 36.0 Å². The molecule has 2 aromatic rings. The van der Waals surface area contributed by atoms with Crippen LogP contribution in [0.15, 0.2) is 48.5 Å². The second-order valence-electron chi connectivity index (χ2n) is 7.70. The van der Waals surface area contributed by atoms with Crippen molar-refractivity contribution in [3.8, 4) is 11.1 Å². The van der Waals surface area contributed by atoms with Crippen molar-refractivity contribution in [3.63, 3.8) is 0 Å². The quantitative estimate of drug-likeness (QED) is 0.854. The molecule has 2 aromatic carbocycles. The molecule has 2 unspecified atom stereocenters. The standard InChI is InChI=1S/C21H23FN2O3S/c1-28(26,27)24-19-10-11-20(24)13-18(12-19)23-21(25)16-4-2-14(3-5-16)15-6-8-17(22)9-7-15/h2-9,18-20H,10-13H2,1H3,(H,23,25). The van der Waals surface area contributed by atoms with Gasteiger partial charge in [-0.3, -0.25) is 4.79 Å². The van der Waals surface area contributed by atoms with Crippen LogP contribution in [-0.2, 0) is 10.0 Å². The Hall–Kier alpha value is -2.25. The SMILES string of the molecule is CS(=O)(=O)N1C2CCC1CC(NC(=O)c1ccc(-c3ccc(F)cc3)cc1)C2. The van der Waals surface area contributed by atoms with E-state index in [1.54, 1.807) is 28.6 Å². The Morgan fingerprint density at radius 3 is 1.96 bits per heavy atom. The Balaban J connectivity index is 1.41. The van der Waals surface area contributed by atoms with E-state index in [0.717, 1.165) is 24.0 Å². The number of hydrogen-bond acceptors (Lipinski definition) is 3. The summed E-state index contributed by atoms with van der Waals surface area (Å²) in [5.41, 5.74) is 2.36. The molecule has 0 radical (unpaired) electrons. The first-order valence-corrected chi connectivity index (χ1v) is 11.3. The summed E-state index contributed by atoms with van der Waals surface area (Å²) < 4.78 is 38.7. The molecule has 2 heterocycles. The second-order valence-corrected chi connectivity index (χ2v) is 9.59. The Morgan fingerprint density at radius 1 is 0.964 bits per heavy atom. The van der Waals surface area contributed by atoms with Gasteiger partial charge in [-0.2, -0.15) is 4.31 Å². The average Bonchev–Trinajstić information content (AvgIpc) is 2.95.